The fourth-order valence-corrected chi connectivity index (χ4v) is 3.19. The molecule has 3 rings (SSSR count). The maximum atomic E-state index is 6.33. The molecule has 2 saturated heterocycles. The van der Waals surface area contributed by atoms with Crippen LogP contribution in [0.5, 0.6) is 0 Å². The molecule has 1 aromatic rings. The van der Waals surface area contributed by atoms with Crippen molar-refractivity contribution in [1.82, 2.24) is 14.7 Å². The minimum Gasteiger partial charge on any atom is -0.374 e. The topological polar surface area (TPSA) is 56.3 Å². The predicted octanol–water partition coefficient (Wildman–Crippen LogP) is 0.636. The molecule has 0 aliphatic carbocycles. The number of morpholine rings is 1. The van der Waals surface area contributed by atoms with Crippen LogP contribution in [0, 0.1) is 0 Å². The first kappa shape index (κ1) is 13.1. The van der Waals surface area contributed by atoms with Gasteiger partial charge in [0.05, 0.1) is 18.9 Å². The molecule has 0 radical (unpaired) electrons. The van der Waals surface area contributed by atoms with Crippen molar-refractivity contribution in [2.24, 2.45) is 5.73 Å². The third-order valence-electron chi connectivity index (χ3n) is 4.38. The summed E-state index contributed by atoms with van der Waals surface area (Å²) in [4.78, 5) is 2.55. The molecule has 3 heterocycles. The summed E-state index contributed by atoms with van der Waals surface area (Å²) in [7, 11) is 0. The molecule has 106 valence electrons. The Morgan fingerprint density at radius 3 is 3.26 bits per heavy atom. The van der Waals surface area contributed by atoms with E-state index in [4.69, 9.17) is 10.5 Å². The molecular formula is C14H24N4O. The highest BCUT2D eigenvalue weighted by Gasteiger charge is 2.34. The zero-order valence-corrected chi connectivity index (χ0v) is 11.7. The molecule has 2 fully saturated rings. The number of ether oxygens (including phenoxy) is 1. The Hall–Kier alpha value is -0.910. The van der Waals surface area contributed by atoms with Crippen LogP contribution in [-0.4, -0.2) is 52.6 Å². The summed E-state index contributed by atoms with van der Waals surface area (Å²) in [6.07, 6.45) is 7.61. The van der Waals surface area contributed by atoms with Gasteiger partial charge in [0, 0.05) is 31.4 Å². The molecule has 5 nitrogen and oxygen atoms in total. The summed E-state index contributed by atoms with van der Waals surface area (Å²) in [6.45, 7) is 6.06. The van der Waals surface area contributed by atoms with Crippen molar-refractivity contribution in [2.45, 2.75) is 50.9 Å². The Kier molecular flexibility index (Phi) is 3.86. The Morgan fingerprint density at radius 2 is 2.47 bits per heavy atom. The molecule has 0 spiro atoms. The summed E-state index contributed by atoms with van der Waals surface area (Å²) >= 11 is 0. The number of nitrogens with two attached hydrogens (primary N) is 1. The van der Waals surface area contributed by atoms with Crippen LogP contribution in [0.25, 0.3) is 0 Å². The molecule has 0 amide bonds. The van der Waals surface area contributed by atoms with Gasteiger partial charge in [-0.25, -0.2) is 0 Å². The predicted molar refractivity (Wildman–Crippen MR) is 73.9 cm³/mol. The Balaban J connectivity index is 1.56. The van der Waals surface area contributed by atoms with E-state index in [2.05, 4.69) is 23.1 Å². The van der Waals surface area contributed by atoms with Crippen molar-refractivity contribution < 1.29 is 4.74 Å². The second kappa shape index (κ2) is 5.61. The highest BCUT2D eigenvalue weighted by Crippen LogP contribution is 2.24. The number of hydrogen-bond donors (Lipinski definition) is 1. The zero-order chi connectivity index (χ0) is 13.2. The van der Waals surface area contributed by atoms with Crippen molar-refractivity contribution in [2.75, 3.05) is 19.7 Å². The van der Waals surface area contributed by atoms with Crippen LogP contribution in [0.3, 0.4) is 0 Å². The summed E-state index contributed by atoms with van der Waals surface area (Å²) in [5, 5.41) is 4.30. The smallest absolute Gasteiger partial charge is 0.0856 e. The van der Waals surface area contributed by atoms with E-state index < -0.39 is 0 Å². The van der Waals surface area contributed by atoms with Gasteiger partial charge in [-0.3, -0.25) is 9.58 Å². The van der Waals surface area contributed by atoms with Crippen molar-refractivity contribution in [3.8, 4) is 0 Å². The average molecular weight is 264 g/mol. The van der Waals surface area contributed by atoms with E-state index in [1.807, 2.05) is 10.9 Å². The number of aromatic nitrogens is 2. The first-order valence-electron chi connectivity index (χ1n) is 7.39. The molecule has 2 N–H and O–H groups in total. The van der Waals surface area contributed by atoms with E-state index in [0.717, 1.165) is 26.1 Å². The number of hydrogen-bond acceptors (Lipinski definition) is 4. The Morgan fingerprint density at radius 1 is 1.58 bits per heavy atom. The lowest BCUT2D eigenvalue weighted by Crippen LogP contribution is -2.53. The van der Waals surface area contributed by atoms with Crippen LogP contribution in [0.1, 0.15) is 25.3 Å². The van der Waals surface area contributed by atoms with Crippen LogP contribution < -0.4 is 5.73 Å². The summed E-state index contributed by atoms with van der Waals surface area (Å²) < 4.78 is 7.91. The van der Waals surface area contributed by atoms with Gasteiger partial charge in [-0.15, -0.1) is 0 Å². The van der Waals surface area contributed by atoms with Gasteiger partial charge in [0.2, 0.25) is 0 Å². The highest BCUT2D eigenvalue weighted by atomic mass is 16.5. The lowest BCUT2D eigenvalue weighted by Gasteiger charge is -2.37. The molecule has 5 heteroatoms. The van der Waals surface area contributed by atoms with Gasteiger partial charge in [-0.05, 0) is 38.3 Å². The van der Waals surface area contributed by atoms with Crippen molar-refractivity contribution >= 4 is 0 Å². The number of rotatable bonds is 4. The molecule has 19 heavy (non-hydrogen) atoms. The Bertz CT molecular complexity index is 419. The maximum absolute atomic E-state index is 6.33. The van der Waals surface area contributed by atoms with E-state index >= 15 is 0 Å². The monoisotopic (exact) mass is 264 g/mol. The van der Waals surface area contributed by atoms with E-state index in [0.29, 0.717) is 6.04 Å². The fourth-order valence-electron chi connectivity index (χ4n) is 3.19. The highest BCUT2D eigenvalue weighted by molar-refractivity contribution is 5.07. The minimum atomic E-state index is 0.0658. The van der Waals surface area contributed by atoms with Gasteiger partial charge in [-0.2, -0.15) is 5.10 Å². The molecule has 2 aliphatic heterocycles. The Labute approximate surface area is 114 Å². The van der Waals surface area contributed by atoms with E-state index in [-0.39, 0.29) is 12.1 Å². The minimum absolute atomic E-state index is 0.0658. The van der Waals surface area contributed by atoms with Crippen LogP contribution in [0.2, 0.25) is 0 Å². The van der Waals surface area contributed by atoms with Crippen molar-refractivity contribution in [3.05, 3.63) is 18.0 Å². The number of fused-ring (bicyclic) bond motifs is 1. The van der Waals surface area contributed by atoms with Gasteiger partial charge < -0.3 is 10.5 Å². The zero-order valence-electron chi connectivity index (χ0n) is 11.7. The molecule has 2 aliphatic rings. The molecule has 0 bridgehead atoms. The lowest BCUT2D eigenvalue weighted by atomic mass is 10.0. The standard InChI is InChI=1S/C14H24N4O/c1-2-18-8-11(7-16-18)6-13(15)14-9-17-5-3-4-12(17)10-19-14/h7-8,12-14H,2-6,9-10,15H2,1H3. The van der Waals surface area contributed by atoms with Crippen LogP contribution >= 0.6 is 0 Å². The third-order valence-corrected chi connectivity index (χ3v) is 4.38. The van der Waals surface area contributed by atoms with Gasteiger partial charge >= 0.3 is 0 Å². The van der Waals surface area contributed by atoms with Gasteiger partial charge in [-0.1, -0.05) is 0 Å². The summed E-state index contributed by atoms with van der Waals surface area (Å²) in [5.74, 6) is 0. The quantitative estimate of drug-likeness (QED) is 0.867. The number of nitrogens with zero attached hydrogens (tertiary/aromatic N) is 3. The normalized spacial score (nSPS) is 29.4. The average Bonchev–Trinajstić information content (AvgIpc) is 3.05. The molecule has 0 aromatic carbocycles. The van der Waals surface area contributed by atoms with Crippen molar-refractivity contribution in [3.63, 3.8) is 0 Å². The number of aryl methyl sites for hydroxylation is 1. The fraction of sp³-hybridized carbons (Fsp3) is 0.786. The first-order chi connectivity index (χ1) is 9.26. The van der Waals surface area contributed by atoms with Crippen molar-refractivity contribution in [1.29, 1.82) is 0 Å². The third kappa shape index (κ3) is 2.83. The van der Waals surface area contributed by atoms with Gasteiger partial charge in [0.1, 0.15) is 0 Å². The second-order valence-corrected chi connectivity index (χ2v) is 5.74. The van der Waals surface area contributed by atoms with Gasteiger partial charge in [0.25, 0.3) is 0 Å². The van der Waals surface area contributed by atoms with Crippen LogP contribution in [0.4, 0.5) is 0 Å². The molecule has 0 saturated carbocycles. The van der Waals surface area contributed by atoms with Crippen LogP contribution in [-0.2, 0) is 17.7 Å². The second-order valence-electron chi connectivity index (χ2n) is 5.74. The summed E-state index contributed by atoms with van der Waals surface area (Å²) in [5.41, 5.74) is 7.53. The van der Waals surface area contributed by atoms with E-state index in [1.165, 1.54) is 24.9 Å². The maximum Gasteiger partial charge on any atom is 0.0856 e. The summed E-state index contributed by atoms with van der Waals surface area (Å²) in [6, 6.07) is 0.711. The lowest BCUT2D eigenvalue weighted by molar-refractivity contribution is -0.0589. The van der Waals surface area contributed by atoms with Gasteiger partial charge in [0.15, 0.2) is 0 Å². The van der Waals surface area contributed by atoms with E-state index in [1.54, 1.807) is 0 Å². The molecule has 1 aromatic heterocycles. The van der Waals surface area contributed by atoms with E-state index in [9.17, 15) is 0 Å². The molecular weight excluding hydrogens is 240 g/mol. The van der Waals surface area contributed by atoms with Crippen LogP contribution in [0.15, 0.2) is 12.4 Å². The SMILES string of the molecule is CCn1cc(CC(N)C2CN3CCCC3CO2)cn1. The molecule has 3 unspecified atom stereocenters. The largest absolute Gasteiger partial charge is 0.374 e. The first-order valence-corrected chi connectivity index (χ1v) is 7.39. The molecule has 3 atom stereocenters.